The van der Waals surface area contributed by atoms with E-state index >= 15 is 0 Å². The molecule has 2 atom stereocenters. The van der Waals surface area contributed by atoms with Crippen LogP contribution < -0.4 is 5.32 Å². The molecule has 1 aliphatic rings. The average molecular weight is 284 g/mol. The maximum atomic E-state index is 13.1. The molecule has 1 N–H and O–H groups in total. The normalized spacial score (nSPS) is 21.8. The number of halogens is 1. The third-order valence-corrected chi connectivity index (χ3v) is 3.83. The van der Waals surface area contributed by atoms with Gasteiger partial charge in [0.25, 0.3) is 0 Å². The zero-order chi connectivity index (χ0) is 14.8. The predicted octanol–water partition coefficient (Wildman–Crippen LogP) is 3.02. The predicted molar refractivity (Wildman–Crippen MR) is 78.8 cm³/mol. The Kier molecular flexibility index (Phi) is 3.71. The molecular formula is C17H17FN2O. The third kappa shape index (κ3) is 2.54. The molecule has 21 heavy (non-hydrogen) atoms. The van der Waals surface area contributed by atoms with Gasteiger partial charge in [0.1, 0.15) is 18.0 Å². The molecule has 1 saturated heterocycles. The van der Waals surface area contributed by atoms with Gasteiger partial charge in [-0.3, -0.25) is 10.1 Å². The summed E-state index contributed by atoms with van der Waals surface area (Å²) < 4.78 is 13.1. The van der Waals surface area contributed by atoms with Crippen molar-refractivity contribution >= 4 is 5.91 Å². The van der Waals surface area contributed by atoms with Gasteiger partial charge >= 0.3 is 0 Å². The molecule has 0 bridgehead atoms. The van der Waals surface area contributed by atoms with E-state index in [1.54, 1.807) is 17.0 Å². The maximum absolute atomic E-state index is 13.1. The van der Waals surface area contributed by atoms with Crippen LogP contribution in [-0.4, -0.2) is 17.4 Å². The Morgan fingerprint density at radius 3 is 2.33 bits per heavy atom. The highest BCUT2D eigenvalue weighted by molar-refractivity contribution is 5.85. The van der Waals surface area contributed by atoms with Gasteiger partial charge in [0.2, 0.25) is 5.91 Å². The number of hydrogen-bond donors (Lipinski definition) is 1. The Hall–Kier alpha value is -2.20. The molecular weight excluding hydrogens is 267 g/mol. The summed E-state index contributed by atoms with van der Waals surface area (Å²) in [5.74, 6) is -0.219. The van der Waals surface area contributed by atoms with E-state index in [9.17, 15) is 9.18 Å². The molecule has 4 heteroatoms. The minimum atomic E-state index is -0.346. The number of carbonyl (C=O) groups excluding carboxylic acids is 1. The zero-order valence-corrected chi connectivity index (χ0v) is 11.8. The molecule has 1 fully saturated rings. The average Bonchev–Trinajstić information content (AvgIpc) is 2.85. The quantitative estimate of drug-likeness (QED) is 0.939. The molecule has 0 radical (unpaired) electrons. The molecule has 1 aliphatic heterocycles. The van der Waals surface area contributed by atoms with Gasteiger partial charge in [-0.2, -0.15) is 0 Å². The molecule has 1 amide bonds. The van der Waals surface area contributed by atoms with Crippen LogP contribution in [-0.2, 0) is 4.79 Å². The topological polar surface area (TPSA) is 32.3 Å². The second-order valence-electron chi connectivity index (χ2n) is 5.09. The lowest BCUT2D eigenvalue weighted by molar-refractivity contribution is -0.130. The van der Waals surface area contributed by atoms with Gasteiger partial charge in [-0.15, -0.1) is 0 Å². The van der Waals surface area contributed by atoms with E-state index in [4.69, 9.17) is 0 Å². The third-order valence-electron chi connectivity index (χ3n) is 3.83. The van der Waals surface area contributed by atoms with Crippen molar-refractivity contribution in [1.82, 2.24) is 10.2 Å². The van der Waals surface area contributed by atoms with Crippen LogP contribution in [0.1, 0.15) is 30.3 Å². The van der Waals surface area contributed by atoms with Crippen LogP contribution >= 0.6 is 0 Å². The van der Waals surface area contributed by atoms with Gasteiger partial charge in [-0.05, 0) is 30.2 Å². The van der Waals surface area contributed by atoms with Gasteiger partial charge in [0.05, 0.1) is 0 Å². The summed E-state index contributed by atoms with van der Waals surface area (Å²) in [7, 11) is 0. The summed E-state index contributed by atoms with van der Waals surface area (Å²) in [6.45, 7) is 2.56. The van der Waals surface area contributed by atoms with E-state index in [-0.39, 0.29) is 23.9 Å². The van der Waals surface area contributed by atoms with Gasteiger partial charge in [-0.25, -0.2) is 4.39 Å². The number of carbonyl (C=O) groups is 1. The fourth-order valence-corrected chi connectivity index (χ4v) is 2.76. The van der Waals surface area contributed by atoms with Crippen molar-refractivity contribution in [3.8, 4) is 0 Å². The molecule has 0 saturated carbocycles. The first-order chi connectivity index (χ1) is 10.2. The fourth-order valence-electron chi connectivity index (χ4n) is 2.76. The standard InChI is InChI=1S/C17H17FN2O/c1-2-20-16(13-8-10-14(18)11-9-13)19-15(17(20)21)12-6-4-3-5-7-12/h3-11,15-16,19H,2H2,1H3. The molecule has 0 spiro atoms. The van der Waals surface area contributed by atoms with Crippen molar-refractivity contribution in [2.45, 2.75) is 19.1 Å². The number of hydrogen-bond acceptors (Lipinski definition) is 2. The van der Waals surface area contributed by atoms with Crippen LogP contribution in [0.25, 0.3) is 0 Å². The van der Waals surface area contributed by atoms with Gasteiger partial charge in [-0.1, -0.05) is 42.5 Å². The highest BCUT2D eigenvalue weighted by atomic mass is 19.1. The highest BCUT2D eigenvalue weighted by Crippen LogP contribution is 2.32. The minimum Gasteiger partial charge on any atom is -0.322 e. The molecule has 2 aromatic rings. The first kappa shape index (κ1) is 13.8. The van der Waals surface area contributed by atoms with E-state index in [2.05, 4.69) is 5.32 Å². The van der Waals surface area contributed by atoms with Crippen molar-refractivity contribution in [3.63, 3.8) is 0 Å². The lowest BCUT2D eigenvalue weighted by atomic mass is 10.1. The molecule has 2 unspecified atom stereocenters. The van der Waals surface area contributed by atoms with Crippen LogP contribution in [0.5, 0.6) is 0 Å². The zero-order valence-electron chi connectivity index (χ0n) is 11.8. The van der Waals surface area contributed by atoms with Crippen molar-refractivity contribution in [1.29, 1.82) is 0 Å². The monoisotopic (exact) mass is 284 g/mol. The SMILES string of the molecule is CCN1C(=O)C(c2ccccc2)NC1c1ccc(F)cc1. The molecule has 3 rings (SSSR count). The van der Waals surface area contributed by atoms with E-state index in [0.29, 0.717) is 6.54 Å². The molecule has 0 aromatic heterocycles. The molecule has 3 nitrogen and oxygen atoms in total. The second kappa shape index (κ2) is 5.66. The number of rotatable bonds is 3. The van der Waals surface area contributed by atoms with Crippen molar-refractivity contribution in [2.75, 3.05) is 6.54 Å². The van der Waals surface area contributed by atoms with E-state index < -0.39 is 0 Å². The Morgan fingerprint density at radius 1 is 1.05 bits per heavy atom. The Bertz CT molecular complexity index is 627. The summed E-state index contributed by atoms with van der Waals surface area (Å²) >= 11 is 0. The Morgan fingerprint density at radius 2 is 1.71 bits per heavy atom. The van der Waals surface area contributed by atoms with Gasteiger partial charge in [0, 0.05) is 6.54 Å². The lowest BCUT2D eigenvalue weighted by Gasteiger charge is -2.22. The van der Waals surface area contributed by atoms with Crippen LogP contribution in [0.4, 0.5) is 4.39 Å². The minimum absolute atomic E-state index is 0.0537. The van der Waals surface area contributed by atoms with Crippen molar-refractivity contribution in [3.05, 3.63) is 71.5 Å². The number of amides is 1. The fraction of sp³-hybridized carbons (Fsp3) is 0.235. The molecule has 108 valence electrons. The first-order valence-corrected chi connectivity index (χ1v) is 7.07. The van der Waals surface area contributed by atoms with E-state index in [1.807, 2.05) is 37.3 Å². The van der Waals surface area contributed by atoms with E-state index in [0.717, 1.165) is 11.1 Å². The van der Waals surface area contributed by atoms with Crippen LogP contribution in [0.2, 0.25) is 0 Å². The first-order valence-electron chi connectivity index (χ1n) is 7.07. The summed E-state index contributed by atoms with van der Waals surface area (Å²) in [6, 6.07) is 15.6. The number of benzene rings is 2. The summed E-state index contributed by atoms with van der Waals surface area (Å²) in [5, 5.41) is 3.35. The molecule has 0 aliphatic carbocycles. The number of nitrogens with one attached hydrogen (secondary N) is 1. The van der Waals surface area contributed by atoms with Crippen LogP contribution in [0.3, 0.4) is 0 Å². The van der Waals surface area contributed by atoms with Crippen molar-refractivity contribution in [2.24, 2.45) is 0 Å². The van der Waals surface area contributed by atoms with Gasteiger partial charge < -0.3 is 4.90 Å². The van der Waals surface area contributed by atoms with Crippen molar-refractivity contribution < 1.29 is 9.18 Å². The van der Waals surface area contributed by atoms with Gasteiger partial charge in [0.15, 0.2) is 0 Å². The smallest absolute Gasteiger partial charge is 0.245 e. The van der Waals surface area contributed by atoms with Crippen LogP contribution in [0.15, 0.2) is 54.6 Å². The maximum Gasteiger partial charge on any atom is 0.245 e. The van der Waals surface area contributed by atoms with E-state index in [1.165, 1.54) is 12.1 Å². The summed E-state index contributed by atoms with van der Waals surface area (Å²) in [4.78, 5) is 14.4. The second-order valence-corrected chi connectivity index (χ2v) is 5.09. The number of likely N-dealkylation sites (N-methyl/N-ethyl adjacent to an activating group) is 1. The van der Waals surface area contributed by atoms with Crippen LogP contribution in [0, 0.1) is 5.82 Å². The lowest BCUT2D eigenvalue weighted by Crippen LogP contribution is -2.29. The highest BCUT2D eigenvalue weighted by Gasteiger charge is 2.39. The summed E-state index contributed by atoms with van der Waals surface area (Å²) in [6.07, 6.45) is -0.215. The molecule has 1 heterocycles. The Balaban J connectivity index is 1.92. The molecule has 2 aromatic carbocycles. The largest absolute Gasteiger partial charge is 0.322 e. The summed E-state index contributed by atoms with van der Waals surface area (Å²) in [5.41, 5.74) is 1.84. The Labute approximate surface area is 123 Å². The number of nitrogens with zero attached hydrogens (tertiary/aromatic N) is 1.